The van der Waals surface area contributed by atoms with Crippen LogP contribution in [0.1, 0.15) is 71.6 Å². The monoisotopic (exact) mass is 266 g/mol. The maximum absolute atomic E-state index is 12.2. The normalized spacial score (nSPS) is 30.8. The molecule has 19 heavy (non-hydrogen) atoms. The van der Waals surface area contributed by atoms with E-state index in [0.717, 1.165) is 5.92 Å². The molecule has 3 nitrogen and oxygen atoms in total. The van der Waals surface area contributed by atoms with Crippen LogP contribution < -0.4 is 10.6 Å². The number of nitrogens with one attached hydrogen (secondary N) is 2. The van der Waals surface area contributed by atoms with Crippen LogP contribution in [0.15, 0.2) is 0 Å². The Morgan fingerprint density at radius 1 is 0.947 bits per heavy atom. The van der Waals surface area contributed by atoms with E-state index in [9.17, 15) is 4.79 Å². The SMILES string of the molecule is CC1CCC(NC(C)C(=O)NC2CCCCC2)CC1. The summed E-state index contributed by atoms with van der Waals surface area (Å²) in [6.45, 7) is 4.34. The van der Waals surface area contributed by atoms with Crippen molar-refractivity contribution in [1.82, 2.24) is 10.6 Å². The molecule has 0 aromatic heterocycles. The molecule has 0 saturated heterocycles. The lowest BCUT2D eigenvalue weighted by molar-refractivity contribution is -0.123. The van der Waals surface area contributed by atoms with Gasteiger partial charge in [0.15, 0.2) is 0 Å². The van der Waals surface area contributed by atoms with Crippen molar-refractivity contribution >= 4 is 5.91 Å². The van der Waals surface area contributed by atoms with Gasteiger partial charge in [-0.05, 0) is 51.4 Å². The predicted octanol–water partition coefficient (Wildman–Crippen LogP) is 2.99. The van der Waals surface area contributed by atoms with Crippen molar-refractivity contribution in [2.24, 2.45) is 5.92 Å². The molecular formula is C16H30N2O. The summed E-state index contributed by atoms with van der Waals surface area (Å²) >= 11 is 0. The van der Waals surface area contributed by atoms with Gasteiger partial charge in [0.05, 0.1) is 6.04 Å². The van der Waals surface area contributed by atoms with Crippen molar-refractivity contribution in [2.75, 3.05) is 0 Å². The van der Waals surface area contributed by atoms with Crippen molar-refractivity contribution in [3.63, 3.8) is 0 Å². The Bertz CT molecular complexity index is 278. The van der Waals surface area contributed by atoms with Gasteiger partial charge < -0.3 is 10.6 Å². The van der Waals surface area contributed by atoms with Crippen LogP contribution >= 0.6 is 0 Å². The summed E-state index contributed by atoms with van der Waals surface area (Å²) in [6.07, 6.45) is 11.3. The first-order valence-corrected chi connectivity index (χ1v) is 8.21. The summed E-state index contributed by atoms with van der Waals surface area (Å²) in [4.78, 5) is 12.2. The summed E-state index contributed by atoms with van der Waals surface area (Å²) in [7, 11) is 0. The molecule has 0 bridgehead atoms. The summed E-state index contributed by atoms with van der Waals surface area (Å²) in [6, 6.07) is 0.931. The van der Waals surface area contributed by atoms with Crippen LogP contribution in [0.4, 0.5) is 0 Å². The van der Waals surface area contributed by atoms with Crippen molar-refractivity contribution < 1.29 is 4.79 Å². The van der Waals surface area contributed by atoms with E-state index in [4.69, 9.17) is 0 Å². The number of carbonyl (C=O) groups excluding carboxylic acids is 1. The molecule has 0 radical (unpaired) electrons. The van der Waals surface area contributed by atoms with Crippen molar-refractivity contribution in [3.8, 4) is 0 Å². The molecule has 1 atom stereocenters. The van der Waals surface area contributed by atoms with Crippen LogP contribution in [-0.4, -0.2) is 24.0 Å². The molecule has 3 heteroatoms. The van der Waals surface area contributed by atoms with Gasteiger partial charge in [-0.2, -0.15) is 0 Å². The van der Waals surface area contributed by atoms with Crippen molar-refractivity contribution in [1.29, 1.82) is 0 Å². The Kier molecular flexibility index (Phi) is 5.68. The van der Waals surface area contributed by atoms with E-state index < -0.39 is 0 Å². The van der Waals surface area contributed by atoms with E-state index in [-0.39, 0.29) is 11.9 Å². The number of rotatable bonds is 4. The van der Waals surface area contributed by atoms with E-state index in [1.165, 1.54) is 57.8 Å². The van der Waals surface area contributed by atoms with Gasteiger partial charge in [-0.25, -0.2) is 0 Å². The quantitative estimate of drug-likeness (QED) is 0.821. The third-order valence-corrected chi connectivity index (χ3v) is 4.85. The molecule has 2 aliphatic rings. The first kappa shape index (κ1) is 14.8. The Balaban J connectivity index is 1.69. The lowest BCUT2D eigenvalue weighted by Crippen LogP contribution is -2.50. The molecule has 0 spiro atoms. The Morgan fingerprint density at radius 2 is 1.58 bits per heavy atom. The third kappa shape index (κ3) is 4.79. The molecule has 1 unspecified atom stereocenters. The summed E-state index contributed by atoms with van der Waals surface area (Å²) in [5, 5.41) is 6.73. The molecular weight excluding hydrogens is 236 g/mol. The number of hydrogen-bond donors (Lipinski definition) is 2. The molecule has 2 rings (SSSR count). The predicted molar refractivity (Wildman–Crippen MR) is 79.0 cm³/mol. The van der Waals surface area contributed by atoms with E-state index in [0.29, 0.717) is 12.1 Å². The maximum Gasteiger partial charge on any atom is 0.237 e. The van der Waals surface area contributed by atoms with Crippen LogP contribution in [-0.2, 0) is 4.79 Å². The number of hydrogen-bond acceptors (Lipinski definition) is 2. The fraction of sp³-hybridized carbons (Fsp3) is 0.938. The summed E-state index contributed by atoms with van der Waals surface area (Å²) in [5.74, 6) is 1.06. The zero-order valence-electron chi connectivity index (χ0n) is 12.6. The van der Waals surface area contributed by atoms with Crippen LogP contribution in [0, 0.1) is 5.92 Å². The van der Waals surface area contributed by atoms with Gasteiger partial charge in [-0.1, -0.05) is 26.2 Å². The van der Waals surface area contributed by atoms with Gasteiger partial charge in [0.2, 0.25) is 5.91 Å². The lowest BCUT2D eigenvalue weighted by atomic mass is 9.87. The Hall–Kier alpha value is -0.570. The van der Waals surface area contributed by atoms with Gasteiger partial charge in [-0.3, -0.25) is 4.79 Å². The molecule has 0 aromatic carbocycles. The second kappa shape index (κ2) is 7.28. The van der Waals surface area contributed by atoms with Crippen LogP contribution in [0.5, 0.6) is 0 Å². The molecule has 0 aliphatic heterocycles. The Morgan fingerprint density at radius 3 is 2.21 bits per heavy atom. The van der Waals surface area contributed by atoms with Gasteiger partial charge in [-0.15, -0.1) is 0 Å². The number of carbonyl (C=O) groups is 1. The molecule has 2 N–H and O–H groups in total. The number of amides is 1. The average molecular weight is 266 g/mol. The minimum atomic E-state index is -0.0414. The van der Waals surface area contributed by atoms with E-state index in [2.05, 4.69) is 17.6 Å². The van der Waals surface area contributed by atoms with E-state index in [1.807, 2.05) is 6.92 Å². The highest BCUT2D eigenvalue weighted by Gasteiger charge is 2.24. The van der Waals surface area contributed by atoms with Crippen molar-refractivity contribution in [2.45, 2.75) is 89.8 Å². The van der Waals surface area contributed by atoms with E-state index in [1.54, 1.807) is 0 Å². The molecule has 1 amide bonds. The highest BCUT2D eigenvalue weighted by Crippen LogP contribution is 2.23. The second-order valence-electron chi connectivity index (χ2n) is 6.69. The standard InChI is InChI=1S/C16H30N2O/c1-12-8-10-15(11-9-12)17-13(2)16(19)18-14-6-4-3-5-7-14/h12-15,17H,3-11H2,1-2H3,(H,18,19). The first-order valence-electron chi connectivity index (χ1n) is 8.21. The zero-order valence-corrected chi connectivity index (χ0v) is 12.6. The molecule has 110 valence electrons. The minimum Gasteiger partial charge on any atom is -0.352 e. The van der Waals surface area contributed by atoms with Crippen LogP contribution in [0.25, 0.3) is 0 Å². The fourth-order valence-electron chi connectivity index (χ4n) is 3.43. The molecule has 0 heterocycles. The topological polar surface area (TPSA) is 41.1 Å². The zero-order chi connectivity index (χ0) is 13.7. The molecule has 2 saturated carbocycles. The maximum atomic E-state index is 12.2. The molecule has 2 fully saturated rings. The third-order valence-electron chi connectivity index (χ3n) is 4.85. The first-order chi connectivity index (χ1) is 9.15. The minimum absolute atomic E-state index is 0.0414. The fourth-order valence-corrected chi connectivity index (χ4v) is 3.43. The average Bonchev–Trinajstić information content (AvgIpc) is 2.42. The molecule has 0 aromatic rings. The summed E-state index contributed by atoms with van der Waals surface area (Å²) in [5.41, 5.74) is 0. The van der Waals surface area contributed by atoms with Gasteiger partial charge in [0, 0.05) is 12.1 Å². The Labute approximate surface area is 117 Å². The van der Waals surface area contributed by atoms with Gasteiger partial charge in [0.25, 0.3) is 0 Å². The van der Waals surface area contributed by atoms with Gasteiger partial charge >= 0.3 is 0 Å². The second-order valence-corrected chi connectivity index (χ2v) is 6.69. The van der Waals surface area contributed by atoms with Crippen molar-refractivity contribution in [3.05, 3.63) is 0 Å². The smallest absolute Gasteiger partial charge is 0.237 e. The van der Waals surface area contributed by atoms with Crippen LogP contribution in [0.2, 0.25) is 0 Å². The lowest BCUT2D eigenvalue weighted by Gasteiger charge is -2.30. The summed E-state index contributed by atoms with van der Waals surface area (Å²) < 4.78 is 0. The van der Waals surface area contributed by atoms with Gasteiger partial charge in [0.1, 0.15) is 0 Å². The molecule has 2 aliphatic carbocycles. The van der Waals surface area contributed by atoms with Crippen LogP contribution in [0.3, 0.4) is 0 Å². The largest absolute Gasteiger partial charge is 0.352 e. The van der Waals surface area contributed by atoms with E-state index >= 15 is 0 Å². The highest BCUT2D eigenvalue weighted by molar-refractivity contribution is 5.81. The highest BCUT2D eigenvalue weighted by atomic mass is 16.2.